The molecular formula is C9H21Cl3O. The number of rotatable bonds is 4. The Kier molecular flexibility index (Phi) is 34.4. The minimum atomic E-state index is -0.750. The van der Waals surface area contributed by atoms with Crippen LogP contribution in [0.2, 0.25) is 0 Å². The summed E-state index contributed by atoms with van der Waals surface area (Å²) in [4.78, 5) is 0. The van der Waals surface area contributed by atoms with Crippen LogP contribution in [0.3, 0.4) is 0 Å². The maximum Gasteiger partial charge on any atom is 0.180 e. The van der Waals surface area contributed by atoms with E-state index < -0.39 is 4.30 Å². The summed E-state index contributed by atoms with van der Waals surface area (Å²) >= 11 is 14.4. The Balaban J connectivity index is -0.000000142. The molecule has 0 bridgehead atoms. The molecule has 0 aliphatic heterocycles. The van der Waals surface area contributed by atoms with Gasteiger partial charge in [0, 0.05) is 7.11 Å². The van der Waals surface area contributed by atoms with Gasteiger partial charge in [0.1, 0.15) is 0 Å². The van der Waals surface area contributed by atoms with Gasteiger partial charge < -0.3 is 5.11 Å². The first-order chi connectivity index (χ1) is 6.15. The van der Waals surface area contributed by atoms with Gasteiger partial charge in [-0.1, -0.05) is 80.8 Å². The summed E-state index contributed by atoms with van der Waals surface area (Å²) in [5.74, 6) is 0. The number of aliphatic hydroxyl groups is 1. The Labute approximate surface area is 97.4 Å². The highest BCUT2D eigenvalue weighted by Crippen LogP contribution is 2.03. The van der Waals surface area contributed by atoms with Gasteiger partial charge in [-0.05, 0) is 0 Å². The summed E-state index contributed by atoms with van der Waals surface area (Å²) in [5.41, 5.74) is 0. The van der Waals surface area contributed by atoms with E-state index in [9.17, 15) is 0 Å². The van der Waals surface area contributed by atoms with E-state index in [1.54, 1.807) is 0 Å². The molecule has 0 aromatic rings. The third-order valence-corrected chi connectivity index (χ3v) is 1.21. The quantitative estimate of drug-likeness (QED) is 0.573. The monoisotopic (exact) mass is 250 g/mol. The summed E-state index contributed by atoms with van der Waals surface area (Å²) in [6.45, 7) is 4.49. The molecule has 84 valence electrons. The van der Waals surface area contributed by atoms with Crippen molar-refractivity contribution in [2.24, 2.45) is 0 Å². The van der Waals surface area contributed by atoms with Crippen molar-refractivity contribution in [2.45, 2.75) is 50.2 Å². The Morgan fingerprint density at radius 3 is 1.23 bits per heavy atom. The molecule has 0 rings (SSSR count). The van der Waals surface area contributed by atoms with Crippen molar-refractivity contribution in [1.29, 1.82) is 0 Å². The molecule has 0 aliphatic carbocycles. The topological polar surface area (TPSA) is 20.2 Å². The second kappa shape index (κ2) is 23.0. The van der Waals surface area contributed by atoms with Crippen molar-refractivity contribution in [2.75, 3.05) is 7.11 Å². The van der Waals surface area contributed by atoms with Gasteiger partial charge in [0.2, 0.25) is 0 Å². The van der Waals surface area contributed by atoms with E-state index >= 15 is 0 Å². The molecule has 0 saturated carbocycles. The van der Waals surface area contributed by atoms with Crippen LogP contribution in [0.4, 0.5) is 0 Å². The first kappa shape index (κ1) is 19.4. The largest absolute Gasteiger partial charge is 0.400 e. The first-order valence-electron chi connectivity index (χ1n) is 4.52. The molecule has 0 aliphatic rings. The molecule has 1 nitrogen and oxygen atoms in total. The molecule has 0 fully saturated rings. The Hall–Kier alpha value is 0.830. The molecule has 0 atom stereocenters. The fraction of sp³-hybridized carbons (Fsp3) is 1.00. The summed E-state index contributed by atoms with van der Waals surface area (Å²) in [7, 11) is 1.00. The lowest BCUT2D eigenvalue weighted by Gasteiger charge is -1.90. The molecular weight excluding hydrogens is 230 g/mol. The lowest BCUT2D eigenvalue weighted by Crippen LogP contribution is -1.70. The molecule has 1 N–H and O–H groups in total. The van der Waals surface area contributed by atoms with Crippen LogP contribution >= 0.6 is 34.8 Å². The maximum absolute atomic E-state index is 7.00. The van der Waals surface area contributed by atoms with Gasteiger partial charge in [0.25, 0.3) is 0 Å². The van der Waals surface area contributed by atoms with Crippen LogP contribution in [0.15, 0.2) is 0 Å². The molecule has 0 radical (unpaired) electrons. The fourth-order valence-electron chi connectivity index (χ4n) is 0.677. The highest BCUT2D eigenvalue weighted by atomic mass is 35.6. The lowest BCUT2D eigenvalue weighted by molar-refractivity contribution is 0.399. The molecule has 4 heteroatoms. The van der Waals surface area contributed by atoms with Crippen molar-refractivity contribution < 1.29 is 5.11 Å². The van der Waals surface area contributed by atoms with E-state index in [0.717, 1.165) is 7.11 Å². The summed E-state index contributed by atoms with van der Waals surface area (Å²) < 4.78 is -0.750. The Morgan fingerprint density at radius 1 is 0.846 bits per heavy atom. The summed E-state index contributed by atoms with van der Waals surface area (Å²) in [6.07, 6.45) is 7.01. The van der Waals surface area contributed by atoms with E-state index in [-0.39, 0.29) is 0 Å². The van der Waals surface area contributed by atoms with Crippen LogP contribution in [0.5, 0.6) is 0 Å². The van der Waals surface area contributed by atoms with Crippen molar-refractivity contribution in [3.05, 3.63) is 0 Å². The first-order valence-corrected chi connectivity index (χ1v) is 5.83. The van der Waals surface area contributed by atoms with Crippen molar-refractivity contribution in [3.63, 3.8) is 0 Å². The van der Waals surface area contributed by atoms with Crippen molar-refractivity contribution in [3.8, 4) is 0 Å². The second-order valence-corrected chi connectivity index (χ2v) is 4.29. The van der Waals surface area contributed by atoms with Crippen LogP contribution in [-0.4, -0.2) is 16.5 Å². The maximum atomic E-state index is 7.00. The van der Waals surface area contributed by atoms with Crippen molar-refractivity contribution in [1.82, 2.24) is 0 Å². The highest BCUT2D eigenvalue weighted by Gasteiger charge is 1.80. The SMILES string of the molecule is CCCCCCC.CO.ClC(Cl)Cl. The predicted molar refractivity (Wildman–Crippen MR) is 63.9 cm³/mol. The zero-order valence-electron chi connectivity index (χ0n) is 8.69. The average molecular weight is 252 g/mol. The smallest absolute Gasteiger partial charge is 0.180 e. The van der Waals surface area contributed by atoms with E-state index in [0.29, 0.717) is 0 Å². The number of alkyl halides is 3. The van der Waals surface area contributed by atoms with Gasteiger partial charge in [0.05, 0.1) is 0 Å². The Morgan fingerprint density at radius 2 is 1.08 bits per heavy atom. The summed E-state index contributed by atoms with van der Waals surface area (Å²) in [6, 6.07) is 0. The van der Waals surface area contributed by atoms with Gasteiger partial charge in [-0.2, -0.15) is 0 Å². The molecule has 0 saturated heterocycles. The minimum absolute atomic E-state index is 0.750. The standard InChI is InChI=1S/C7H16.CHCl3.CH4O/c1-3-5-7-6-4-2;2-1(3)4;1-2/h3-7H2,1-2H3;1H;2H,1H3. The highest BCUT2D eigenvalue weighted by molar-refractivity contribution is 6.63. The number of unbranched alkanes of at least 4 members (excludes halogenated alkanes) is 4. The normalized spacial score (nSPS) is 8.31. The van der Waals surface area contributed by atoms with Crippen LogP contribution in [0.25, 0.3) is 0 Å². The van der Waals surface area contributed by atoms with Crippen LogP contribution in [0, 0.1) is 0 Å². The molecule has 0 amide bonds. The Bertz CT molecular complexity index is 54.1. The van der Waals surface area contributed by atoms with Crippen molar-refractivity contribution >= 4 is 34.8 Å². The zero-order chi connectivity index (χ0) is 11.1. The van der Waals surface area contributed by atoms with Crippen LogP contribution in [0.1, 0.15) is 46.0 Å². The van der Waals surface area contributed by atoms with E-state index in [1.165, 1.54) is 32.1 Å². The van der Waals surface area contributed by atoms with E-state index in [1.807, 2.05) is 0 Å². The molecule has 13 heavy (non-hydrogen) atoms. The van der Waals surface area contributed by atoms with Crippen LogP contribution in [-0.2, 0) is 0 Å². The molecule has 0 aromatic heterocycles. The zero-order valence-corrected chi connectivity index (χ0v) is 11.0. The number of halogens is 3. The molecule has 0 aromatic carbocycles. The fourth-order valence-corrected chi connectivity index (χ4v) is 0.677. The number of hydrogen-bond donors (Lipinski definition) is 1. The average Bonchev–Trinajstić information content (AvgIpc) is 2.08. The molecule has 0 unspecified atom stereocenters. The minimum Gasteiger partial charge on any atom is -0.400 e. The van der Waals surface area contributed by atoms with Gasteiger partial charge >= 0.3 is 0 Å². The molecule has 0 spiro atoms. The van der Waals surface area contributed by atoms with E-state index in [2.05, 4.69) is 13.8 Å². The summed E-state index contributed by atoms with van der Waals surface area (Å²) in [5, 5.41) is 7.00. The predicted octanol–water partition coefficient (Wildman–Crippen LogP) is 4.57. The van der Waals surface area contributed by atoms with E-state index in [4.69, 9.17) is 39.9 Å². The molecule has 0 heterocycles. The van der Waals surface area contributed by atoms with Gasteiger partial charge in [-0.3, -0.25) is 0 Å². The number of aliphatic hydroxyl groups excluding tert-OH is 1. The second-order valence-electron chi connectivity index (χ2n) is 2.31. The van der Waals surface area contributed by atoms with Gasteiger partial charge in [-0.15, -0.1) is 0 Å². The van der Waals surface area contributed by atoms with Crippen LogP contribution < -0.4 is 0 Å². The van der Waals surface area contributed by atoms with Gasteiger partial charge in [-0.25, -0.2) is 0 Å². The third-order valence-electron chi connectivity index (χ3n) is 1.21. The van der Waals surface area contributed by atoms with Gasteiger partial charge in [0.15, 0.2) is 4.30 Å². The number of hydrogen-bond acceptors (Lipinski definition) is 1. The third kappa shape index (κ3) is 64.5. The lowest BCUT2D eigenvalue weighted by atomic mass is 10.2.